The summed E-state index contributed by atoms with van der Waals surface area (Å²) in [6, 6.07) is 0.175. The van der Waals surface area contributed by atoms with E-state index in [4.69, 9.17) is 11.0 Å². The zero-order valence-corrected chi connectivity index (χ0v) is 6.53. The minimum Gasteiger partial charge on any atom is -0.450 e. The minimum atomic E-state index is -1.33. The van der Waals surface area contributed by atoms with Gasteiger partial charge in [0.05, 0.1) is 12.7 Å². The van der Waals surface area contributed by atoms with Gasteiger partial charge in [-0.1, -0.05) is 0 Å². The summed E-state index contributed by atoms with van der Waals surface area (Å²) in [6.07, 6.45) is -0.831. The van der Waals surface area contributed by atoms with Crippen LogP contribution >= 0.6 is 0 Å². The predicted octanol–water partition coefficient (Wildman–Crippen LogP) is -0.890. The molecule has 2 amide bonds. The molecular formula is C6H9N3O3. The highest BCUT2D eigenvalue weighted by atomic mass is 16.5. The van der Waals surface area contributed by atoms with Crippen LogP contribution in [0.1, 0.15) is 6.92 Å². The molecule has 0 aromatic carbocycles. The molecule has 0 rings (SSSR count). The Hall–Kier alpha value is -1.77. The van der Waals surface area contributed by atoms with Crippen LogP contribution in [0.2, 0.25) is 0 Å². The molecular weight excluding hydrogens is 162 g/mol. The van der Waals surface area contributed by atoms with Crippen molar-refractivity contribution in [2.75, 3.05) is 6.61 Å². The molecule has 0 aromatic rings. The molecule has 0 bridgehead atoms. The molecule has 1 unspecified atom stereocenters. The minimum absolute atomic E-state index is 0.169. The molecule has 0 aliphatic carbocycles. The summed E-state index contributed by atoms with van der Waals surface area (Å²) in [5.41, 5.74) is 4.76. The van der Waals surface area contributed by atoms with Gasteiger partial charge in [0.25, 0.3) is 5.91 Å². The number of nitrogens with two attached hydrogens (primary N) is 1. The number of carbonyl (C=O) groups is 2. The van der Waals surface area contributed by atoms with Gasteiger partial charge in [-0.15, -0.1) is 0 Å². The van der Waals surface area contributed by atoms with Crippen LogP contribution in [0, 0.1) is 11.3 Å². The van der Waals surface area contributed by atoms with Crippen molar-refractivity contribution in [3.63, 3.8) is 0 Å². The van der Waals surface area contributed by atoms with Crippen LogP contribution in [0.3, 0.4) is 0 Å². The topological polar surface area (TPSA) is 105 Å². The highest BCUT2D eigenvalue weighted by Gasteiger charge is 2.16. The maximum absolute atomic E-state index is 10.6. The number of rotatable bonds is 3. The van der Waals surface area contributed by atoms with Crippen molar-refractivity contribution < 1.29 is 14.3 Å². The molecule has 0 radical (unpaired) electrons. The van der Waals surface area contributed by atoms with Crippen molar-refractivity contribution in [2.24, 2.45) is 5.73 Å². The number of alkyl carbamates (subject to hydrolysis) is 1. The van der Waals surface area contributed by atoms with Crippen molar-refractivity contribution in [1.82, 2.24) is 5.32 Å². The molecule has 0 saturated heterocycles. The Balaban J connectivity index is 3.97. The Bertz CT molecular complexity index is 221. The molecule has 3 N–H and O–H groups in total. The highest BCUT2D eigenvalue weighted by Crippen LogP contribution is 1.82. The summed E-state index contributed by atoms with van der Waals surface area (Å²) in [5.74, 6) is -0.912. The number of hydrogen-bond acceptors (Lipinski definition) is 4. The van der Waals surface area contributed by atoms with E-state index in [2.05, 4.69) is 4.74 Å². The fourth-order valence-electron chi connectivity index (χ4n) is 0.458. The number of carbonyl (C=O) groups excluding carboxylic acids is 2. The SMILES string of the molecule is CCOC(=O)NC(C#N)C(N)=O. The summed E-state index contributed by atoms with van der Waals surface area (Å²) >= 11 is 0. The number of nitriles is 1. The van der Waals surface area contributed by atoms with E-state index in [-0.39, 0.29) is 6.61 Å². The third kappa shape index (κ3) is 3.41. The molecule has 6 nitrogen and oxygen atoms in total. The van der Waals surface area contributed by atoms with Crippen LogP contribution in [-0.2, 0) is 9.53 Å². The average molecular weight is 171 g/mol. The molecule has 0 spiro atoms. The lowest BCUT2D eigenvalue weighted by molar-refractivity contribution is -0.118. The van der Waals surface area contributed by atoms with Crippen LogP contribution in [0.5, 0.6) is 0 Å². The number of hydrogen-bond donors (Lipinski definition) is 2. The van der Waals surface area contributed by atoms with Crippen LogP contribution < -0.4 is 11.1 Å². The molecule has 0 aliphatic rings. The number of amides is 2. The Morgan fingerprint density at radius 1 is 1.75 bits per heavy atom. The fraction of sp³-hybridized carbons (Fsp3) is 0.500. The summed E-state index contributed by atoms with van der Waals surface area (Å²) in [4.78, 5) is 21.0. The quantitative estimate of drug-likeness (QED) is 0.574. The normalized spacial score (nSPS) is 11.0. The first-order valence-electron chi connectivity index (χ1n) is 3.24. The molecule has 0 heterocycles. The summed E-state index contributed by atoms with van der Waals surface area (Å²) in [7, 11) is 0. The van der Waals surface area contributed by atoms with Gasteiger partial charge >= 0.3 is 6.09 Å². The van der Waals surface area contributed by atoms with E-state index in [0.717, 1.165) is 0 Å². The van der Waals surface area contributed by atoms with E-state index in [1.807, 2.05) is 5.32 Å². The van der Waals surface area contributed by atoms with E-state index in [1.165, 1.54) is 6.07 Å². The standard InChI is InChI=1S/C6H9N3O3/c1-2-12-6(11)9-4(3-7)5(8)10/h4H,2H2,1H3,(H2,8,10)(H,9,11). The number of primary amides is 1. The predicted molar refractivity (Wildman–Crippen MR) is 38.8 cm³/mol. The van der Waals surface area contributed by atoms with Gasteiger partial charge in [-0.25, -0.2) is 4.79 Å². The van der Waals surface area contributed by atoms with Gasteiger partial charge in [0.1, 0.15) is 0 Å². The maximum Gasteiger partial charge on any atom is 0.408 e. The zero-order chi connectivity index (χ0) is 9.56. The smallest absolute Gasteiger partial charge is 0.408 e. The molecule has 1 atom stereocenters. The first-order chi connectivity index (χ1) is 5.61. The lowest BCUT2D eigenvalue weighted by Crippen LogP contribution is -2.43. The van der Waals surface area contributed by atoms with Crippen molar-refractivity contribution in [3.8, 4) is 6.07 Å². The summed E-state index contributed by atoms with van der Waals surface area (Å²) < 4.78 is 4.42. The molecule has 0 aromatic heterocycles. The van der Waals surface area contributed by atoms with Crippen LogP contribution in [0.4, 0.5) is 4.79 Å². The molecule has 66 valence electrons. The van der Waals surface area contributed by atoms with Crippen molar-refractivity contribution >= 4 is 12.0 Å². The van der Waals surface area contributed by atoms with Crippen LogP contribution in [0.15, 0.2) is 0 Å². The van der Waals surface area contributed by atoms with Crippen molar-refractivity contribution in [2.45, 2.75) is 13.0 Å². The van der Waals surface area contributed by atoms with Gasteiger partial charge in [-0.2, -0.15) is 5.26 Å². The highest BCUT2D eigenvalue weighted by molar-refractivity contribution is 5.86. The van der Waals surface area contributed by atoms with Gasteiger partial charge in [0, 0.05) is 0 Å². The Morgan fingerprint density at radius 2 is 2.33 bits per heavy atom. The van der Waals surface area contributed by atoms with Crippen molar-refractivity contribution in [1.29, 1.82) is 5.26 Å². The third-order valence-corrected chi connectivity index (χ3v) is 0.951. The van der Waals surface area contributed by atoms with Gasteiger partial charge in [-0.3, -0.25) is 10.1 Å². The molecule has 0 aliphatic heterocycles. The van der Waals surface area contributed by atoms with E-state index in [1.54, 1.807) is 6.92 Å². The Labute approximate surface area is 69.3 Å². The van der Waals surface area contributed by atoms with Crippen LogP contribution in [-0.4, -0.2) is 24.6 Å². The largest absolute Gasteiger partial charge is 0.450 e. The second kappa shape index (κ2) is 4.96. The van der Waals surface area contributed by atoms with E-state index < -0.39 is 18.0 Å². The Kier molecular flexibility index (Phi) is 4.23. The first-order valence-corrected chi connectivity index (χ1v) is 3.24. The maximum atomic E-state index is 10.6. The molecule has 0 fully saturated rings. The zero-order valence-electron chi connectivity index (χ0n) is 6.53. The fourth-order valence-corrected chi connectivity index (χ4v) is 0.458. The second-order valence-electron chi connectivity index (χ2n) is 1.83. The lowest BCUT2D eigenvalue weighted by atomic mass is 10.3. The summed E-state index contributed by atoms with van der Waals surface area (Å²) in [5, 5.41) is 10.3. The Morgan fingerprint density at radius 3 is 2.67 bits per heavy atom. The number of nitrogens with zero attached hydrogens (tertiary/aromatic N) is 1. The van der Waals surface area contributed by atoms with Crippen LogP contribution in [0.25, 0.3) is 0 Å². The summed E-state index contributed by atoms with van der Waals surface area (Å²) in [6.45, 7) is 1.77. The molecule has 0 saturated carbocycles. The average Bonchev–Trinajstić information content (AvgIpc) is 2.00. The van der Waals surface area contributed by atoms with E-state index >= 15 is 0 Å². The number of ether oxygens (including phenoxy) is 1. The monoisotopic (exact) mass is 171 g/mol. The van der Waals surface area contributed by atoms with Gasteiger partial charge in [0.2, 0.25) is 0 Å². The van der Waals surface area contributed by atoms with E-state index in [0.29, 0.717) is 0 Å². The third-order valence-electron chi connectivity index (χ3n) is 0.951. The molecule has 6 heteroatoms. The second-order valence-corrected chi connectivity index (χ2v) is 1.83. The van der Waals surface area contributed by atoms with Gasteiger partial charge < -0.3 is 10.5 Å². The van der Waals surface area contributed by atoms with Gasteiger partial charge in [-0.05, 0) is 6.92 Å². The van der Waals surface area contributed by atoms with Crippen molar-refractivity contribution in [3.05, 3.63) is 0 Å². The van der Waals surface area contributed by atoms with Gasteiger partial charge in [0.15, 0.2) is 6.04 Å². The first kappa shape index (κ1) is 10.2. The van der Waals surface area contributed by atoms with E-state index in [9.17, 15) is 9.59 Å². The molecule has 12 heavy (non-hydrogen) atoms. The number of nitrogens with one attached hydrogen (secondary N) is 1. The lowest BCUT2D eigenvalue weighted by Gasteiger charge is -2.06.